The molecule has 2 aliphatic rings. The Labute approximate surface area is 190 Å². The van der Waals surface area contributed by atoms with Gasteiger partial charge in [-0.1, -0.05) is 6.07 Å². The molecule has 0 saturated carbocycles. The Morgan fingerprint density at radius 2 is 1.55 bits per heavy atom. The molecule has 1 amide bonds. The maximum absolute atomic E-state index is 13.0. The summed E-state index contributed by atoms with van der Waals surface area (Å²) in [6.07, 6.45) is 0. The Morgan fingerprint density at radius 3 is 2.18 bits per heavy atom. The number of benzene rings is 2. The maximum atomic E-state index is 13.0. The molecule has 4 rings (SSSR count). The predicted octanol–water partition coefficient (Wildman–Crippen LogP) is 2.61. The molecule has 0 spiro atoms. The van der Waals surface area contributed by atoms with Crippen LogP contribution in [0.1, 0.15) is 15.9 Å². The Kier molecular flexibility index (Phi) is 6.40. The topological polar surface area (TPSA) is 122 Å². The number of hydrogen-bond donors (Lipinski definition) is 0. The Hall–Kier alpha value is -3.73. The van der Waals surface area contributed by atoms with Crippen molar-refractivity contribution in [2.75, 3.05) is 62.3 Å². The maximum Gasteiger partial charge on any atom is 0.292 e. The van der Waals surface area contributed by atoms with E-state index in [1.165, 1.54) is 18.2 Å². The summed E-state index contributed by atoms with van der Waals surface area (Å²) in [5.41, 5.74) is 2.13. The fraction of sp³-hybridized carbons (Fsp3) is 0.409. The van der Waals surface area contributed by atoms with Gasteiger partial charge in [0.25, 0.3) is 17.3 Å². The average molecular weight is 455 g/mol. The smallest absolute Gasteiger partial charge is 0.292 e. The van der Waals surface area contributed by atoms with Gasteiger partial charge in [0.15, 0.2) is 0 Å². The van der Waals surface area contributed by atoms with Crippen molar-refractivity contribution in [3.63, 3.8) is 0 Å². The summed E-state index contributed by atoms with van der Waals surface area (Å²) < 4.78 is 5.37. The van der Waals surface area contributed by atoms with E-state index in [1.807, 2.05) is 11.0 Å². The summed E-state index contributed by atoms with van der Waals surface area (Å²) in [7, 11) is 0. The Morgan fingerprint density at radius 1 is 0.879 bits per heavy atom. The SMILES string of the molecule is Cc1c(C(=O)N2CCN(c3ccc([N+](=O)[O-])c(N4CCOCC4)c3)CC2)cccc1[N+](=O)[O-]. The van der Waals surface area contributed by atoms with E-state index in [9.17, 15) is 25.0 Å². The summed E-state index contributed by atoms with van der Waals surface area (Å²) in [6, 6.07) is 9.64. The largest absolute Gasteiger partial charge is 0.378 e. The van der Waals surface area contributed by atoms with E-state index in [2.05, 4.69) is 4.90 Å². The van der Waals surface area contributed by atoms with E-state index in [4.69, 9.17) is 4.74 Å². The highest BCUT2D eigenvalue weighted by atomic mass is 16.6. The third kappa shape index (κ3) is 4.58. The monoisotopic (exact) mass is 455 g/mol. The van der Waals surface area contributed by atoms with Crippen molar-refractivity contribution in [1.29, 1.82) is 0 Å². The lowest BCUT2D eigenvalue weighted by atomic mass is 10.1. The van der Waals surface area contributed by atoms with Gasteiger partial charge in [-0.3, -0.25) is 25.0 Å². The van der Waals surface area contributed by atoms with Crippen molar-refractivity contribution < 1.29 is 19.4 Å². The summed E-state index contributed by atoms with van der Waals surface area (Å²) >= 11 is 0. The fourth-order valence-corrected chi connectivity index (χ4v) is 4.31. The number of morpholine rings is 1. The van der Waals surface area contributed by atoms with Gasteiger partial charge in [-0.25, -0.2) is 0 Å². The number of hydrogen-bond acceptors (Lipinski definition) is 8. The van der Waals surface area contributed by atoms with Gasteiger partial charge in [0, 0.05) is 68.2 Å². The minimum atomic E-state index is -0.481. The summed E-state index contributed by atoms with van der Waals surface area (Å²) in [4.78, 5) is 40.7. The molecule has 0 radical (unpaired) electrons. The van der Waals surface area contributed by atoms with Crippen molar-refractivity contribution in [2.45, 2.75) is 6.92 Å². The van der Waals surface area contributed by atoms with Crippen molar-refractivity contribution >= 4 is 28.7 Å². The Balaban J connectivity index is 1.49. The molecule has 0 aromatic heterocycles. The van der Waals surface area contributed by atoms with Gasteiger partial charge >= 0.3 is 0 Å². The third-order valence-electron chi connectivity index (χ3n) is 6.17. The number of carbonyl (C=O) groups is 1. The van der Waals surface area contributed by atoms with E-state index in [0.717, 1.165) is 5.69 Å². The molecule has 11 nitrogen and oxygen atoms in total. The quantitative estimate of drug-likeness (QED) is 0.498. The van der Waals surface area contributed by atoms with Crippen LogP contribution in [0.15, 0.2) is 36.4 Å². The van der Waals surface area contributed by atoms with Gasteiger partial charge in [-0.05, 0) is 25.1 Å². The second-order valence-electron chi connectivity index (χ2n) is 8.02. The van der Waals surface area contributed by atoms with Crippen molar-refractivity contribution in [3.8, 4) is 0 Å². The van der Waals surface area contributed by atoms with Crippen LogP contribution in [0.5, 0.6) is 0 Å². The minimum absolute atomic E-state index is 0.0654. The minimum Gasteiger partial charge on any atom is -0.378 e. The molecule has 0 aliphatic carbocycles. The number of carbonyl (C=O) groups excluding carboxylic acids is 1. The van der Waals surface area contributed by atoms with Crippen molar-refractivity contribution in [2.24, 2.45) is 0 Å². The molecule has 2 heterocycles. The number of rotatable bonds is 5. The van der Waals surface area contributed by atoms with Gasteiger partial charge in [-0.2, -0.15) is 0 Å². The molecule has 2 aromatic rings. The Bertz CT molecular complexity index is 1080. The van der Waals surface area contributed by atoms with Gasteiger partial charge in [0.05, 0.1) is 23.1 Å². The normalized spacial score (nSPS) is 16.6. The van der Waals surface area contributed by atoms with Gasteiger partial charge in [-0.15, -0.1) is 0 Å². The fourth-order valence-electron chi connectivity index (χ4n) is 4.31. The molecule has 0 bridgehead atoms. The lowest BCUT2D eigenvalue weighted by Crippen LogP contribution is -2.49. The number of anilines is 2. The van der Waals surface area contributed by atoms with Crippen LogP contribution in [0, 0.1) is 27.2 Å². The zero-order valence-corrected chi connectivity index (χ0v) is 18.3. The van der Waals surface area contributed by atoms with E-state index in [-0.39, 0.29) is 22.2 Å². The van der Waals surface area contributed by atoms with E-state index >= 15 is 0 Å². The molecule has 11 heteroatoms. The third-order valence-corrected chi connectivity index (χ3v) is 6.17. The summed E-state index contributed by atoms with van der Waals surface area (Å²) in [6.45, 7) is 5.84. The number of amides is 1. The number of nitrogens with zero attached hydrogens (tertiary/aromatic N) is 5. The second kappa shape index (κ2) is 9.41. The van der Waals surface area contributed by atoms with Crippen molar-refractivity contribution in [1.82, 2.24) is 4.90 Å². The molecular weight excluding hydrogens is 430 g/mol. The zero-order valence-electron chi connectivity index (χ0n) is 18.3. The first-order valence-electron chi connectivity index (χ1n) is 10.8. The highest BCUT2D eigenvalue weighted by Gasteiger charge is 2.28. The number of ether oxygens (including phenoxy) is 1. The average Bonchev–Trinajstić information content (AvgIpc) is 2.84. The van der Waals surface area contributed by atoms with Crippen LogP contribution in [0.4, 0.5) is 22.7 Å². The molecule has 2 aliphatic heterocycles. The number of nitro groups is 2. The highest BCUT2D eigenvalue weighted by Crippen LogP contribution is 2.33. The summed E-state index contributed by atoms with van der Waals surface area (Å²) in [5, 5.41) is 22.7. The molecule has 0 atom stereocenters. The van der Waals surface area contributed by atoms with Crippen LogP contribution in [0.3, 0.4) is 0 Å². The molecule has 174 valence electrons. The number of nitro benzene ring substituents is 2. The van der Waals surface area contributed by atoms with Gasteiger partial charge in [0.1, 0.15) is 5.69 Å². The lowest BCUT2D eigenvalue weighted by molar-refractivity contribution is -0.385. The standard InChI is InChI=1S/C22H25N5O6/c1-16-18(3-2-4-19(16)26(29)30)22(28)25-9-7-23(8-10-25)17-5-6-20(27(31)32)21(15-17)24-11-13-33-14-12-24/h2-6,15H,7-14H2,1H3. The van der Waals surface area contributed by atoms with Crippen LogP contribution < -0.4 is 9.80 Å². The van der Waals surface area contributed by atoms with E-state index < -0.39 is 4.92 Å². The molecule has 2 fully saturated rings. The first-order valence-corrected chi connectivity index (χ1v) is 10.8. The molecule has 33 heavy (non-hydrogen) atoms. The molecule has 2 aromatic carbocycles. The second-order valence-corrected chi connectivity index (χ2v) is 8.02. The van der Waals surface area contributed by atoms with E-state index in [0.29, 0.717) is 69.3 Å². The molecule has 0 unspecified atom stereocenters. The predicted molar refractivity (Wildman–Crippen MR) is 122 cm³/mol. The summed E-state index contributed by atoms with van der Waals surface area (Å²) in [5.74, 6) is -0.228. The van der Waals surface area contributed by atoms with Crippen LogP contribution in [0.2, 0.25) is 0 Å². The van der Waals surface area contributed by atoms with Crippen LogP contribution in [0.25, 0.3) is 0 Å². The lowest BCUT2D eigenvalue weighted by Gasteiger charge is -2.37. The first kappa shape index (κ1) is 22.5. The molecule has 0 N–H and O–H groups in total. The van der Waals surface area contributed by atoms with Gasteiger partial charge < -0.3 is 19.4 Å². The van der Waals surface area contributed by atoms with Crippen LogP contribution >= 0.6 is 0 Å². The number of piperazine rings is 1. The molecule has 2 saturated heterocycles. The van der Waals surface area contributed by atoms with Crippen LogP contribution in [-0.2, 0) is 4.74 Å². The molecular formula is C22H25N5O6. The van der Waals surface area contributed by atoms with Crippen molar-refractivity contribution in [3.05, 3.63) is 67.8 Å². The highest BCUT2D eigenvalue weighted by molar-refractivity contribution is 5.96. The first-order chi connectivity index (χ1) is 15.9. The van der Waals surface area contributed by atoms with E-state index in [1.54, 1.807) is 24.0 Å². The zero-order chi connectivity index (χ0) is 23.5. The van der Waals surface area contributed by atoms with Crippen LogP contribution in [-0.4, -0.2) is 73.1 Å². The van der Waals surface area contributed by atoms with Gasteiger partial charge in [0.2, 0.25) is 0 Å².